The second-order valence-electron chi connectivity index (χ2n) is 7.44. The number of benzene rings is 1. The molecule has 0 saturated heterocycles. The van der Waals surface area contributed by atoms with Gasteiger partial charge in [-0.2, -0.15) is 0 Å². The number of anilines is 1. The summed E-state index contributed by atoms with van der Waals surface area (Å²) in [5, 5.41) is 5.94. The van der Waals surface area contributed by atoms with Crippen molar-refractivity contribution in [2.75, 3.05) is 11.9 Å². The molecule has 6 heteroatoms. The summed E-state index contributed by atoms with van der Waals surface area (Å²) in [6.45, 7) is 4.63. The number of carbonyl (C=O) groups is 2. The molecule has 4 N–H and O–H groups in total. The van der Waals surface area contributed by atoms with Crippen LogP contribution < -0.4 is 16.4 Å². The van der Waals surface area contributed by atoms with Crippen LogP contribution in [0, 0.1) is 11.8 Å². The number of nitrogens with one attached hydrogen (secondary N) is 2. The highest BCUT2D eigenvalue weighted by Gasteiger charge is 2.21. The van der Waals surface area contributed by atoms with Gasteiger partial charge in [-0.3, -0.25) is 9.59 Å². The molecule has 1 unspecified atom stereocenters. The van der Waals surface area contributed by atoms with E-state index in [4.69, 9.17) is 5.73 Å². The topological polar surface area (TPSA) is 84.2 Å². The van der Waals surface area contributed by atoms with E-state index in [-0.39, 0.29) is 36.2 Å². The van der Waals surface area contributed by atoms with Crippen molar-refractivity contribution in [1.82, 2.24) is 5.32 Å². The van der Waals surface area contributed by atoms with Crippen molar-refractivity contribution >= 4 is 29.9 Å². The first kappa shape index (κ1) is 22.5. The summed E-state index contributed by atoms with van der Waals surface area (Å²) in [4.78, 5) is 24.8. The van der Waals surface area contributed by atoms with Crippen LogP contribution in [0.4, 0.5) is 5.69 Å². The number of nitrogens with two attached hydrogens (primary N) is 1. The average molecular weight is 382 g/mol. The van der Waals surface area contributed by atoms with E-state index in [1.54, 1.807) is 18.2 Å². The molecule has 1 aromatic carbocycles. The second-order valence-corrected chi connectivity index (χ2v) is 7.44. The predicted octanol–water partition coefficient (Wildman–Crippen LogP) is 3.73. The second kappa shape index (κ2) is 11.2. The molecule has 1 aliphatic carbocycles. The Balaban J connectivity index is 0.00000338. The lowest BCUT2D eigenvalue weighted by molar-refractivity contribution is -0.120. The van der Waals surface area contributed by atoms with E-state index in [0.717, 1.165) is 32.1 Å². The fourth-order valence-electron chi connectivity index (χ4n) is 3.40. The monoisotopic (exact) mass is 381 g/mol. The van der Waals surface area contributed by atoms with Gasteiger partial charge in [-0.15, -0.1) is 12.4 Å². The first-order valence-corrected chi connectivity index (χ1v) is 9.41. The molecular formula is C20H32ClN3O2. The Bertz CT molecular complexity index is 586. The van der Waals surface area contributed by atoms with Crippen LogP contribution in [0.5, 0.6) is 0 Å². The molecule has 1 aliphatic rings. The maximum atomic E-state index is 12.5. The van der Waals surface area contributed by atoms with Crippen LogP contribution in [0.3, 0.4) is 0 Å². The van der Waals surface area contributed by atoms with E-state index in [2.05, 4.69) is 24.5 Å². The Morgan fingerprint density at radius 2 is 1.88 bits per heavy atom. The summed E-state index contributed by atoms with van der Waals surface area (Å²) < 4.78 is 0. The van der Waals surface area contributed by atoms with Gasteiger partial charge in [0.15, 0.2) is 0 Å². The molecule has 5 nitrogen and oxygen atoms in total. The third-order valence-corrected chi connectivity index (χ3v) is 4.74. The normalized spacial score (nSPS) is 15.8. The van der Waals surface area contributed by atoms with Gasteiger partial charge >= 0.3 is 0 Å². The summed E-state index contributed by atoms with van der Waals surface area (Å²) in [5.41, 5.74) is 6.98. The third-order valence-electron chi connectivity index (χ3n) is 4.74. The highest BCUT2D eigenvalue weighted by atomic mass is 35.5. The summed E-state index contributed by atoms with van der Waals surface area (Å²) in [5.74, 6) is 0.482. The lowest BCUT2D eigenvalue weighted by Gasteiger charge is -2.21. The third kappa shape index (κ3) is 6.96. The van der Waals surface area contributed by atoms with Gasteiger partial charge in [-0.25, -0.2) is 0 Å². The molecule has 0 radical (unpaired) electrons. The molecule has 0 aliphatic heterocycles. The largest absolute Gasteiger partial charge is 0.348 e. The number of amides is 2. The number of halogens is 1. The maximum absolute atomic E-state index is 12.5. The highest BCUT2D eigenvalue weighted by Crippen LogP contribution is 2.25. The number of carbonyl (C=O) groups excluding carboxylic acids is 2. The number of rotatable bonds is 7. The summed E-state index contributed by atoms with van der Waals surface area (Å²) in [7, 11) is 0. The summed E-state index contributed by atoms with van der Waals surface area (Å²) in [6, 6.07) is 7.08. The fraction of sp³-hybridized carbons (Fsp3) is 0.600. The SMILES string of the molecule is CC(C)CC(CN)NC(=O)c1cccc(NC(=O)C2CCCCC2)c1.Cl. The van der Waals surface area contributed by atoms with E-state index in [1.807, 2.05) is 6.07 Å². The van der Waals surface area contributed by atoms with Crippen LogP contribution in [0.2, 0.25) is 0 Å². The average Bonchev–Trinajstić information content (AvgIpc) is 2.61. The Kier molecular flexibility index (Phi) is 9.66. The maximum Gasteiger partial charge on any atom is 0.251 e. The summed E-state index contributed by atoms with van der Waals surface area (Å²) in [6.07, 6.45) is 6.23. The van der Waals surface area contributed by atoms with Gasteiger partial charge in [0.2, 0.25) is 5.91 Å². The Morgan fingerprint density at radius 1 is 1.19 bits per heavy atom. The van der Waals surface area contributed by atoms with E-state index >= 15 is 0 Å². The molecule has 146 valence electrons. The van der Waals surface area contributed by atoms with Crippen LogP contribution >= 0.6 is 12.4 Å². The minimum atomic E-state index is -0.148. The number of hydrogen-bond acceptors (Lipinski definition) is 3. The van der Waals surface area contributed by atoms with Crippen LogP contribution in [0.15, 0.2) is 24.3 Å². The first-order chi connectivity index (χ1) is 12.0. The Labute approximate surface area is 162 Å². The number of hydrogen-bond donors (Lipinski definition) is 3. The molecule has 0 spiro atoms. The zero-order valence-corrected chi connectivity index (χ0v) is 16.6. The molecule has 1 aromatic rings. The molecule has 1 atom stereocenters. The van der Waals surface area contributed by atoms with Gasteiger partial charge in [0.25, 0.3) is 5.91 Å². The summed E-state index contributed by atoms with van der Waals surface area (Å²) >= 11 is 0. The Morgan fingerprint density at radius 3 is 2.50 bits per heavy atom. The van der Waals surface area contributed by atoms with Crippen molar-refractivity contribution < 1.29 is 9.59 Å². The van der Waals surface area contributed by atoms with Gasteiger partial charge in [0, 0.05) is 29.8 Å². The van der Waals surface area contributed by atoms with Gasteiger partial charge in [0.05, 0.1) is 0 Å². The minimum Gasteiger partial charge on any atom is -0.348 e. The smallest absolute Gasteiger partial charge is 0.251 e. The molecule has 2 amide bonds. The van der Waals surface area contributed by atoms with Crippen LogP contribution in [0.25, 0.3) is 0 Å². The lowest BCUT2D eigenvalue weighted by atomic mass is 9.88. The van der Waals surface area contributed by atoms with Gasteiger partial charge in [-0.05, 0) is 43.4 Å². The van der Waals surface area contributed by atoms with Crippen molar-refractivity contribution in [3.8, 4) is 0 Å². The van der Waals surface area contributed by atoms with Gasteiger partial charge < -0.3 is 16.4 Å². The van der Waals surface area contributed by atoms with Crippen molar-refractivity contribution in [3.63, 3.8) is 0 Å². The van der Waals surface area contributed by atoms with E-state index in [0.29, 0.717) is 23.7 Å². The molecule has 1 saturated carbocycles. The molecule has 26 heavy (non-hydrogen) atoms. The molecular weight excluding hydrogens is 350 g/mol. The zero-order chi connectivity index (χ0) is 18.2. The van der Waals surface area contributed by atoms with Gasteiger partial charge in [0.1, 0.15) is 0 Å². The quantitative estimate of drug-likeness (QED) is 0.672. The molecule has 0 aromatic heterocycles. The van der Waals surface area contributed by atoms with E-state index < -0.39 is 0 Å². The van der Waals surface area contributed by atoms with Gasteiger partial charge in [-0.1, -0.05) is 39.2 Å². The molecule has 0 heterocycles. The molecule has 2 rings (SSSR count). The van der Waals surface area contributed by atoms with Crippen molar-refractivity contribution in [2.24, 2.45) is 17.6 Å². The highest BCUT2D eigenvalue weighted by molar-refractivity contribution is 5.97. The first-order valence-electron chi connectivity index (χ1n) is 9.41. The van der Waals surface area contributed by atoms with Crippen molar-refractivity contribution in [2.45, 2.75) is 58.4 Å². The zero-order valence-electron chi connectivity index (χ0n) is 15.8. The molecule has 0 bridgehead atoms. The van der Waals surface area contributed by atoms with Crippen molar-refractivity contribution in [1.29, 1.82) is 0 Å². The Hall–Kier alpha value is -1.59. The van der Waals surface area contributed by atoms with E-state index in [9.17, 15) is 9.59 Å². The minimum absolute atomic E-state index is 0. The van der Waals surface area contributed by atoms with E-state index in [1.165, 1.54) is 6.42 Å². The van der Waals surface area contributed by atoms with Crippen molar-refractivity contribution in [3.05, 3.63) is 29.8 Å². The van der Waals surface area contributed by atoms with Crippen LogP contribution in [0.1, 0.15) is 62.7 Å². The molecule has 1 fully saturated rings. The fourth-order valence-corrected chi connectivity index (χ4v) is 3.40. The van der Waals surface area contributed by atoms with Crippen LogP contribution in [-0.2, 0) is 4.79 Å². The lowest BCUT2D eigenvalue weighted by Crippen LogP contribution is -2.41. The predicted molar refractivity (Wildman–Crippen MR) is 109 cm³/mol. The standard InChI is InChI=1S/C20H31N3O2.ClH/c1-14(2)11-18(13-21)23-20(25)16-9-6-10-17(12-16)22-19(24)15-7-4-3-5-8-15;/h6,9-10,12,14-15,18H,3-5,7-8,11,13,21H2,1-2H3,(H,22,24)(H,23,25);1H. The van der Waals surface area contributed by atoms with Crippen LogP contribution in [-0.4, -0.2) is 24.4 Å².